The topological polar surface area (TPSA) is 86.8 Å². The number of piperidine rings is 1. The molecule has 0 spiro atoms. The highest BCUT2D eigenvalue weighted by Crippen LogP contribution is 2.27. The molecule has 4 rings (SSSR count). The molecule has 3 aliphatic heterocycles. The fraction of sp³-hybridized carbons (Fsp3) is 0.619. The van der Waals surface area contributed by atoms with Crippen LogP contribution >= 0.6 is 0 Å². The van der Waals surface area contributed by atoms with E-state index < -0.39 is 21.8 Å². The van der Waals surface area contributed by atoms with Gasteiger partial charge in [0.25, 0.3) is 0 Å². The van der Waals surface area contributed by atoms with E-state index in [-0.39, 0.29) is 35.8 Å². The number of sulfone groups is 1. The zero-order valence-corrected chi connectivity index (χ0v) is 17.7. The van der Waals surface area contributed by atoms with E-state index in [0.29, 0.717) is 6.54 Å². The predicted molar refractivity (Wildman–Crippen MR) is 111 cm³/mol. The number of carbonyl (C=O) groups is 2. The van der Waals surface area contributed by atoms with Crippen molar-refractivity contribution in [1.29, 1.82) is 0 Å². The van der Waals surface area contributed by atoms with E-state index in [2.05, 4.69) is 10.2 Å². The van der Waals surface area contributed by atoms with Gasteiger partial charge in [0, 0.05) is 24.7 Å². The molecule has 3 unspecified atom stereocenters. The summed E-state index contributed by atoms with van der Waals surface area (Å²) in [6.07, 6.45) is 3.47. The van der Waals surface area contributed by atoms with Crippen LogP contribution in [0.3, 0.4) is 0 Å². The lowest BCUT2D eigenvalue weighted by atomic mass is 10.0. The first-order valence-corrected chi connectivity index (χ1v) is 12.3. The van der Waals surface area contributed by atoms with Crippen LogP contribution in [0.2, 0.25) is 0 Å². The van der Waals surface area contributed by atoms with Gasteiger partial charge in [0.15, 0.2) is 9.84 Å². The molecule has 3 heterocycles. The molecule has 1 aromatic carbocycles. The molecule has 29 heavy (non-hydrogen) atoms. The highest BCUT2D eigenvalue weighted by molar-refractivity contribution is 7.91. The van der Waals surface area contributed by atoms with E-state index in [4.69, 9.17) is 0 Å². The Morgan fingerprint density at radius 3 is 2.45 bits per heavy atom. The molecule has 0 aromatic heterocycles. The van der Waals surface area contributed by atoms with E-state index in [0.717, 1.165) is 37.2 Å². The second-order valence-electron chi connectivity index (χ2n) is 8.60. The second kappa shape index (κ2) is 8.07. The lowest BCUT2D eigenvalue weighted by Gasteiger charge is -2.35. The van der Waals surface area contributed by atoms with Gasteiger partial charge >= 0.3 is 0 Å². The van der Waals surface area contributed by atoms with Crippen LogP contribution in [0.5, 0.6) is 0 Å². The highest BCUT2D eigenvalue weighted by atomic mass is 32.2. The minimum absolute atomic E-state index is 0.0117. The normalized spacial score (nSPS) is 29.9. The van der Waals surface area contributed by atoms with Gasteiger partial charge in [0.1, 0.15) is 0 Å². The minimum atomic E-state index is -3.17. The van der Waals surface area contributed by atoms with Gasteiger partial charge < -0.3 is 10.2 Å². The third-order valence-corrected chi connectivity index (χ3v) is 8.07. The van der Waals surface area contributed by atoms with E-state index in [1.165, 1.54) is 6.42 Å². The third-order valence-electron chi connectivity index (χ3n) is 6.35. The third kappa shape index (κ3) is 4.48. The highest BCUT2D eigenvalue weighted by Gasteiger charge is 2.43. The van der Waals surface area contributed by atoms with E-state index in [1.54, 1.807) is 4.90 Å². The Morgan fingerprint density at radius 1 is 1.07 bits per heavy atom. The van der Waals surface area contributed by atoms with Crippen LogP contribution in [-0.2, 0) is 19.4 Å². The molecule has 3 fully saturated rings. The summed E-state index contributed by atoms with van der Waals surface area (Å²) in [5.74, 6) is -0.633. The van der Waals surface area contributed by atoms with Crippen LogP contribution in [0.1, 0.15) is 31.2 Å². The molecule has 3 saturated heterocycles. The maximum atomic E-state index is 12.9. The molecular formula is C21H29N3O4S. The Labute approximate surface area is 172 Å². The van der Waals surface area contributed by atoms with Crippen molar-refractivity contribution >= 4 is 27.3 Å². The number of hydrogen-bond donors (Lipinski definition) is 1. The fourth-order valence-corrected chi connectivity index (χ4v) is 6.69. The molecule has 0 saturated carbocycles. The summed E-state index contributed by atoms with van der Waals surface area (Å²) in [4.78, 5) is 29.3. The number of rotatable bonds is 4. The number of aryl methyl sites for hydroxylation is 1. The van der Waals surface area contributed by atoms with Crippen LogP contribution in [0.15, 0.2) is 24.3 Å². The zero-order valence-electron chi connectivity index (χ0n) is 16.8. The maximum Gasteiger partial charge on any atom is 0.227 e. The van der Waals surface area contributed by atoms with Crippen LogP contribution in [0.4, 0.5) is 5.69 Å². The summed E-state index contributed by atoms with van der Waals surface area (Å²) in [6.45, 7) is 4.09. The number of nitrogens with one attached hydrogen (secondary N) is 1. The number of nitrogens with zero attached hydrogens (tertiary/aromatic N) is 2. The van der Waals surface area contributed by atoms with E-state index in [1.807, 2.05) is 31.2 Å². The van der Waals surface area contributed by atoms with Crippen molar-refractivity contribution < 1.29 is 18.0 Å². The quantitative estimate of drug-likeness (QED) is 0.790. The first kappa shape index (κ1) is 20.3. The van der Waals surface area contributed by atoms with Gasteiger partial charge in [-0.1, -0.05) is 24.1 Å². The van der Waals surface area contributed by atoms with Gasteiger partial charge in [-0.25, -0.2) is 8.42 Å². The second-order valence-corrected chi connectivity index (χ2v) is 10.8. The minimum Gasteiger partial charge on any atom is -0.350 e. The van der Waals surface area contributed by atoms with Crippen molar-refractivity contribution in [2.24, 2.45) is 5.92 Å². The molecule has 8 heteroatoms. The van der Waals surface area contributed by atoms with Crippen molar-refractivity contribution in [3.63, 3.8) is 0 Å². The van der Waals surface area contributed by atoms with Crippen molar-refractivity contribution in [2.75, 3.05) is 36.0 Å². The predicted octanol–water partition coefficient (Wildman–Crippen LogP) is 1.12. The van der Waals surface area contributed by atoms with E-state index in [9.17, 15) is 18.0 Å². The van der Waals surface area contributed by atoms with Crippen LogP contribution in [0, 0.1) is 12.8 Å². The molecule has 2 amide bonds. The van der Waals surface area contributed by atoms with Crippen molar-refractivity contribution in [1.82, 2.24) is 10.2 Å². The number of anilines is 1. The maximum absolute atomic E-state index is 12.9. The Bertz CT molecular complexity index is 878. The molecule has 158 valence electrons. The standard InChI is InChI=1S/C21H29N3O4S/c1-15-5-7-17(8-6-15)24-12-16(11-20(24)25)21(26)22-18-13-29(27,28)14-19(18)23-9-3-2-4-10-23/h5-8,16,18-19H,2-4,9-14H2,1H3,(H,22,26). The summed E-state index contributed by atoms with van der Waals surface area (Å²) >= 11 is 0. The first-order valence-electron chi connectivity index (χ1n) is 10.4. The Kier molecular flexibility index (Phi) is 5.66. The van der Waals surface area contributed by atoms with E-state index >= 15 is 0 Å². The van der Waals surface area contributed by atoms with Crippen LogP contribution in [0.25, 0.3) is 0 Å². The molecule has 0 bridgehead atoms. The lowest BCUT2D eigenvalue weighted by Crippen LogP contribution is -2.53. The molecule has 3 aliphatic rings. The van der Waals surface area contributed by atoms with Gasteiger partial charge in [-0.2, -0.15) is 0 Å². The van der Waals surface area contributed by atoms with Crippen molar-refractivity contribution in [3.05, 3.63) is 29.8 Å². The summed E-state index contributed by atoms with van der Waals surface area (Å²) in [5, 5.41) is 2.99. The molecule has 1 aromatic rings. The lowest BCUT2D eigenvalue weighted by molar-refractivity contribution is -0.127. The Hall–Kier alpha value is -1.93. The summed E-state index contributed by atoms with van der Waals surface area (Å²) < 4.78 is 24.5. The number of benzene rings is 1. The SMILES string of the molecule is Cc1ccc(N2CC(C(=O)NC3CS(=O)(=O)CC3N3CCCCC3)CC2=O)cc1. The largest absolute Gasteiger partial charge is 0.350 e. The van der Waals surface area contributed by atoms with Gasteiger partial charge in [0.2, 0.25) is 11.8 Å². The molecule has 0 radical (unpaired) electrons. The summed E-state index contributed by atoms with van der Waals surface area (Å²) in [6, 6.07) is 7.13. The van der Waals surface area contributed by atoms with Gasteiger partial charge in [-0.15, -0.1) is 0 Å². The monoisotopic (exact) mass is 419 g/mol. The van der Waals surface area contributed by atoms with Crippen molar-refractivity contribution in [2.45, 2.75) is 44.7 Å². The fourth-order valence-electron chi connectivity index (χ4n) is 4.73. The first-order chi connectivity index (χ1) is 13.8. The average Bonchev–Trinajstić information content (AvgIpc) is 3.22. The number of amides is 2. The zero-order chi connectivity index (χ0) is 20.6. The van der Waals surface area contributed by atoms with Crippen molar-refractivity contribution in [3.8, 4) is 0 Å². The molecule has 1 N–H and O–H groups in total. The average molecular weight is 420 g/mol. The number of hydrogen-bond acceptors (Lipinski definition) is 5. The summed E-state index contributed by atoms with van der Waals surface area (Å²) in [7, 11) is -3.17. The molecule has 3 atom stereocenters. The molecule has 0 aliphatic carbocycles. The number of likely N-dealkylation sites (tertiary alicyclic amines) is 1. The molecular weight excluding hydrogens is 390 g/mol. The summed E-state index contributed by atoms with van der Waals surface area (Å²) in [5.41, 5.74) is 1.91. The molecule has 7 nitrogen and oxygen atoms in total. The Balaban J connectivity index is 1.42. The smallest absolute Gasteiger partial charge is 0.227 e. The number of carbonyl (C=O) groups excluding carboxylic acids is 2. The Morgan fingerprint density at radius 2 is 1.76 bits per heavy atom. The van der Waals surface area contributed by atoms with Gasteiger partial charge in [-0.05, 0) is 45.0 Å². The van der Waals surface area contributed by atoms with Gasteiger partial charge in [0.05, 0.1) is 23.5 Å². The van der Waals surface area contributed by atoms with Crippen LogP contribution in [-0.4, -0.2) is 68.4 Å². The van der Waals surface area contributed by atoms with Gasteiger partial charge in [-0.3, -0.25) is 14.5 Å². The van der Waals surface area contributed by atoms with Crippen LogP contribution < -0.4 is 10.2 Å².